The first-order chi connectivity index (χ1) is 13.7. The molecule has 3 aromatic rings. The Hall–Kier alpha value is -3.21. The molecule has 1 aliphatic heterocycles. The predicted octanol–water partition coefficient (Wildman–Crippen LogP) is 4.64. The fourth-order valence-corrected chi connectivity index (χ4v) is 3.56. The Bertz CT molecular complexity index is 980. The number of fused-ring (bicyclic) bond motifs is 1. The normalized spacial score (nSPS) is 16.3. The number of carbonyl (C=O) groups is 1. The summed E-state index contributed by atoms with van der Waals surface area (Å²) < 4.78 is 16.9. The molecule has 1 aliphatic rings. The molecular weight excluding hydrogens is 354 g/mol. The maximum atomic E-state index is 11.5. The fourth-order valence-electron chi connectivity index (χ4n) is 3.56. The van der Waals surface area contributed by atoms with E-state index in [0.717, 1.165) is 18.4 Å². The van der Waals surface area contributed by atoms with Gasteiger partial charge >= 0.3 is 6.09 Å². The van der Waals surface area contributed by atoms with Gasteiger partial charge in [-0.3, -0.25) is 0 Å². The van der Waals surface area contributed by atoms with Gasteiger partial charge in [0.1, 0.15) is 6.10 Å². The average Bonchev–Trinajstić information content (AvgIpc) is 2.74. The molecule has 0 radical (unpaired) electrons. The van der Waals surface area contributed by atoms with E-state index in [1.807, 2.05) is 24.3 Å². The van der Waals surface area contributed by atoms with Crippen molar-refractivity contribution < 1.29 is 19.0 Å². The minimum Gasteiger partial charge on any atom is -0.493 e. The van der Waals surface area contributed by atoms with Gasteiger partial charge in [0.2, 0.25) is 0 Å². The number of methoxy groups -OCH3 is 1. The second kappa shape index (κ2) is 8.21. The number of ether oxygens (including phenoxy) is 3. The van der Waals surface area contributed by atoms with Crippen LogP contribution in [0.4, 0.5) is 4.79 Å². The molecule has 1 fully saturated rings. The van der Waals surface area contributed by atoms with Crippen LogP contribution in [0, 0.1) is 0 Å². The quantitative estimate of drug-likeness (QED) is 0.680. The Morgan fingerprint density at radius 3 is 2.79 bits per heavy atom. The SMILES string of the molecule is COc1ccc(C2CCNC(=O)O2)cc1OCCc1cccc2ccccc12. The molecule has 0 spiro atoms. The van der Waals surface area contributed by atoms with Crippen molar-refractivity contribution in [1.82, 2.24) is 5.32 Å². The number of benzene rings is 3. The average molecular weight is 377 g/mol. The molecule has 28 heavy (non-hydrogen) atoms. The highest BCUT2D eigenvalue weighted by molar-refractivity contribution is 5.85. The maximum absolute atomic E-state index is 11.5. The molecule has 0 saturated carbocycles. The van der Waals surface area contributed by atoms with E-state index < -0.39 is 0 Å². The van der Waals surface area contributed by atoms with Crippen LogP contribution in [0.3, 0.4) is 0 Å². The van der Waals surface area contributed by atoms with Gasteiger partial charge in [-0.1, -0.05) is 48.5 Å². The number of hydrogen-bond acceptors (Lipinski definition) is 4. The highest BCUT2D eigenvalue weighted by Gasteiger charge is 2.22. The Morgan fingerprint density at radius 2 is 1.93 bits per heavy atom. The second-order valence-corrected chi connectivity index (χ2v) is 6.76. The monoisotopic (exact) mass is 377 g/mol. The van der Waals surface area contributed by atoms with E-state index >= 15 is 0 Å². The van der Waals surface area contributed by atoms with E-state index in [2.05, 4.69) is 41.7 Å². The number of carbonyl (C=O) groups excluding carboxylic acids is 1. The summed E-state index contributed by atoms with van der Waals surface area (Å²) in [5.41, 5.74) is 2.16. The third-order valence-electron chi connectivity index (χ3n) is 4.99. The van der Waals surface area contributed by atoms with Crippen LogP contribution in [0.15, 0.2) is 60.7 Å². The molecule has 1 N–H and O–H groups in total. The first-order valence-corrected chi connectivity index (χ1v) is 9.46. The van der Waals surface area contributed by atoms with Gasteiger partial charge in [0.05, 0.1) is 13.7 Å². The number of amides is 1. The minimum absolute atomic E-state index is 0.264. The molecule has 0 bridgehead atoms. The predicted molar refractivity (Wildman–Crippen MR) is 108 cm³/mol. The van der Waals surface area contributed by atoms with Crippen molar-refractivity contribution in [1.29, 1.82) is 0 Å². The molecule has 1 amide bonds. The summed E-state index contributed by atoms with van der Waals surface area (Å²) in [4.78, 5) is 11.5. The van der Waals surface area contributed by atoms with Crippen LogP contribution in [-0.2, 0) is 11.2 Å². The molecule has 1 atom stereocenters. The van der Waals surface area contributed by atoms with E-state index in [1.165, 1.54) is 16.3 Å². The fraction of sp³-hybridized carbons (Fsp3) is 0.261. The zero-order valence-corrected chi connectivity index (χ0v) is 15.8. The summed E-state index contributed by atoms with van der Waals surface area (Å²) in [7, 11) is 1.62. The first kappa shape index (κ1) is 18.2. The summed E-state index contributed by atoms with van der Waals surface area (Å²) in [6.45, 7) is 1.13. The molecule has 5 heteroatoms. The third kappa shape index (κ3) is 3.88. The number of hydrogen-bond donors (Lipinski definition) is 1. The van der Waals surface area contributed by atoms with E-state index in [-0.39, 0.29) is 12.2 Å². The Balaban J connectivity index is 1.49. The third-order valence-corrected chi connectivity index (χ3v) is 4.99. The summed E-state index contributed by atoms with van der Waals surface area (Å²) in [5, 5.41) is 5.14. The topological polar surface area (TPSA) is 56.8 Å². The molecule has 1 heterocycles. The van der Waals surface area contributed by atoms with Crippen LogP contribution >= 0.6 is 0 Å². The lowest BCUT2D eigenvalue weighted by atomic mass is 10.0. The smallest absolute Gasteiger partial charge is 0.407 e. The molecule has 3 aromatic carbocycles. The molecule has 4 rings (SSSR count). The largest absolute Gasteiger partial charge is 0.493 e. The summed E-state index contributed by atoms with van der Waals surface area (Å²) in [6, 6.07) is 20.4. The lowest BCUT2D eigenvalue weighted by Crippen LogP contribution is -2.33. The van der Waals surface area contributed by atoms with E-state index in [0.29, 0.717) is 24.7 Å². The van der Waals surface area contributed by atoms with Crippen LogP contribution in [0.25, 0.3) is 10.8 Å². The van der Waals surface area contributed by atoms with Crippen molar-refractivity contribution in [3.05, 3.63) is 71.8 Å². The number of cyclic esters (lactones) is 1. The van der Waals surface area contributed by atoms with Gasteiger partial charge in [-0.25, -0.2) is 4.79 Å². The molecule has 0 aromatic heterocycles. The molecule has 144 valence electrons. The van der Waals surface area contributed by atoms with Crippen molar-refractivity contribution in [2.75, 3.05) is 20.3 Å². The van der Waals surface area contributed by atoms with E-state index in [4.69, 9.17) is 14.2 Å². The van der Waals surface area contributed by atoms with E-state index in [1.54, 1.807) is 7.11 Å². The lowest BCUT2D eigenvalue weighted by Gasteiger charge is -2.24. The van der Waals surface area contributed by atoms with Crippen LogP contribution < -0.4 is 14.8 Å². The van der Waals surface area contributed by atoms with Crippen molar-refractivity contribution in [2.45, 2.75) is 18.9 Å². The van der Waals surface area contributed by atoms with Gasteiger partial charge in [0.25, 0.3) is 0 Å². The van der Waals surface area contributed by atoms with Gasteiger partial charge in [-0.15, -0.1) is 0 Å². The van der Waals surface area contributed by atoms with Crippen molar-refractivity contribution >= 4 is 16.9 Å². The van der Waals surface area contributed by atoms with Crippen molar-refractivity contribution in [3.63, 3.8) is 0 Å². The maximum Gasteiger partial charge on any atom is 0.407 e. The molecular formula is C23H23NO4. The van der Waals surface area contributed by atoms with Crippen LogP contribution in [0.2, 0.25) is 0 Å². The Labute approximate surface area is 164 Å². The zero-order valence-electron chi connectivity index (χ0n) is 15.8. The summed E-state index contributed by atoms with van der Waals surface area (Å²) >= 11 is 0. The van der Waals surface area contributed by atoms with Crippen molar-refractivity contribution in [2.24, 2.45) is 0 Å². The van der Waals surface area contributed by atoms with Crippen LogP contribution in [0.5, 0.6) is 11.5 Å². The van der Waals surface area contributed by atoms with Crippen LogP contribution in [-0.4, -0.2) is 26.4 Å². The molecule has 0 aliphatic carbocycles. The van der Waals surface area contributed by atoms with Gasteiger partial charge in [-0.05, 0) is 34.0 Å². The Morgan fingerprint density at radius 1 is 1.07 bits per heavy atom. The first-order valence-electron chi connectivity index (χ1n) is 9.46. The van der Waals surface area contributed by atoms with Gasteiger partial charge in [-0.2, -0.15) is 0 Å². The van der Waals surface area contributed by atoms with Gasteiger partial charge < -0.3 is 19.5 Å². The van der Waals surface area contributed by atoms with E-state index in [9.17, 15) is 4.79 Å². The number of nitrogens with one attached hydrogen (secondary N) is 1. The summed E-state index contributed by atoms with van der Waals surface area (Å²) in [5.74, 6) is 1.33. The molecule has 1 unspecified atom stereocenters. The van der Waals surface area contributed by atoms with Gasteiger partial charge in [0, 0.05) is 19.4 Å². The van der Waals surface area contributed by atoms with Gasteiger partial charge in [0.15, 0.2) is 11.5 Å². The molecule has 5 nitrogen and oxygen atoms in total. The lowest BCUT2D eigenvalue weighted by molar-refractivity contribution is 0.0736. The molecule has 1 saturated heterocycles. The summed E-state index contributed by atoms with van der Waals surface area (Å²) in [6.07, 6.45) is 0.871. The standard InChI is InChI=1S/C23H23NO4/c1-26-21-10-9-18(20-11-13-24-23(25)28-20)15-22(21)27-14-12-17-7-4-6-16-5-2-3-8-19(16)17/h2-10,15,20H,11-14H2,1H3,(H,24,25). The number of alkyl carbamates (subject to hydrolysis) is 1. The highest BCUT2D eigenvalue weighted by atomic mass is 16.6. The number of rotatable bonds is 6. The minimum atomic E-state index is -0.384. The zero-order chi connectivity index (χ0) is 19.3. The van der Waals surface area contributed by atoms with Crippen LogP contribution in [0.1, 0.15) is 23.7 Å². The second-order valence-electron chi connectivity index (χ2n) is 6.76. The Kier molecular flexibility index (Phi) is 5.33. The van der Waals surface area contributed by atoms with Crippen molar-refractivity contribution in [3.8, 4) is 11.5 Å². The highest BCUT2D eigenvalue weighted by Crippen LogP contribution is 2.33.